The minimum atomic E-state index is -4.95. The van der Waals surface area contributed by atoms with Crippen LogP contribution in [0.25, 0.3) is 0 Å². The van der Waals surface area contributed by atoms with E-state index in [2.05, 4.69) is 203 Å². The molecule has 0 amide bonds. The lowest BCUT2D eigenvalue weighted by Crippen LogP contribution is -2.30. The van der Waals surface area contributed by atoms with Gasteiger partial charge in [0.15, 0.2) is 6.10 Å². The first-order valence-electron chi connectivity index (χ1n) is 47.1. The number of carbonyl (C=O) groups excluding carboxylic acids is 3. The van der Waals surface area contributed by atoms with Gasteiger partial charge in [-0.1, -0.05) is 383 Å². The first-order chi connectivity index (χ1) is 58.2. The SMILES string of the molecule is CC/C=C\C/C=C\C/C=C\C/C=C\C/C=C\C/C=C\CCCCCCCCCCCCCCC(=O)OCC(O)COP(=O)(O)OCC(O)COP(=O)(O)OCC(COC(=O)CCCCCCCCCCCCCCCCC/C=C\C/C=C\C/C=C\C/C=C\C/C=C\CC)OC(=O)CCCCCCC/C=C\C/C=C\C/C=C\C/C=C\CCCCC. The Morgan fingerprint density at radius 2 is 0.445 bits per heavy atom. The molecular formula is C101H170O16P2. The van der Waals surface area contributed by atoms with Crippen LogP contribution in [0.15, 0.2) is 182 Å². The van der Waals surface area contributed by atoms with Crippen LogP contribution in [-0.2, 0) is 55.8 Å². The number of unbranched alkanes of at least 4 members (excludes halogenated alkanes) is 35. The van der Waals surface area contributed by atoms with Gasteiger partial charge in [-0.15, -0.1) is 0 Å². The van der Waals surface area contributed by atoms with E-state index in [-0.39, 0.29) is 19.3 Å². The van der Waals surface area contributed by atoms with Crippen LogP contribution in [0, 0.1) is 0 Å². The average molecular weight is 1700 g/mol. The van der Waals surface area contributed by atoms with Crippen LogP contribution in [0.1, 0.15) is 380 Å². The molecular weight excluding hydrogens is 1530 g/mol. The lowest BCUT2D eigenvalue weighted by molar-refractivity contribution is -0.161. The molecule has 0 saturated heterocycles. The van der Waals surface area contributed by atoms with Gasteiger partial charge in [-0.05, 0) is 161 Å². The molecule has 0 rings (SSSR count). The van der Waals surface area contributed by atoms with Gasteiger partial charge in [-0.2, -0.15) is 0 Å². The van der Waals surface area contributed by atoms with E-state index in [4.69, 9.17) is 32.3 Å². The third-order valence-electron chi connectivity index (χ3n) is 19.6. The Kier molecular flexibility index (Phi) is 87.7. The summed E-state index contributed by atoms with van der Waals surface area (Å²) in [5.41, 5.74) is 0. The minimum Gasteiger partial charge on any atom is -0.463 e. The Bertz CT molecular complexity index is 2890. The standard InChI is InChI=1S/C101H170O16P2/c1-4-7-10-13-16-19-22-25-28-31-34-37-39-41-43-45-47-49-51-53-55-58-60-63-66-69-72-75-78-81-84-87-99(104)111-90-96(102)91-113-118(107,108)114-92-97(103)93-115-119(109,110)116-95-98(117-101(106)89-86-83-80-77-74-71-68-65-62-57-36-33-30-27-24-21-18-15-12-9-6-3)94-112-100(105)88-85-82-79-76-73-70-67-64-61-59-56-54-52-50-48-46-44-42-40-38-35-32-29-26-23-20-17-14-11-8-5-2/h7-8,10-11,16-21,25-30,34-38,41-44,47,49,57,65,68,96-98,102-103H,4-6,9,12-15,22-24,31-33,39-40,45-46,48,50-56,58-64,66-67,69-95H2,1-3H3,(H,107,108)(H,109,110)/b10-7-,11-8-,19-16-,20-17-,21-18-,28-25-,29-26-,30-27-,37-34-,38-35-,43-41-,44-42-,49-47-,57-36-,68-65-. The van der Waals surface area contributed by atoms with E-state index in [9.17, 15) is 43.5 Å². The molecule has 0 aliphatic heterocycles. The number of esters is 3. The van der Waals surface area contributed by atoms with Crippen LogP contribution in [0.5, 0.6) is 0 Å². The summed E-state index contributed by atoms with van der Waals surface area (Å²) in [6.07, 6.45) is 121. The van der Waals surface area contributed by atoms with Crippen molar-refractivity contribution in [2.75, 3.05) is 39.6 Å². The second-order valence-electron chi connectivity index (χ2n) is 31.0. The fourth-order valence-corrected chi connectivity index (χ4v) is 14.1. The molecule has 18 heteroatoms. The molecule has 0 spiro atoms. The summed E-state index contributed by atoms with van der Waals surface area (Å²) in [4.78, 5) is 59.0. The summed E-state index contributed by atoms with van der Waals surface area (Å²) in [5.74, 6) is -1.59. The molecule has 0 bridgehead atoms. The third-order valence-corrected chi connectivity index (χ3v) is 21.5. The predicted molar refractivity (Wildman–Crippen MR) is 500 cm³/mol. The van der Waals surface area contributed by atoms with E-state index in [0.717, 1.165) is 180 Å². The molecule has 0 radical (unpaired) electrons. The number of hydrogen-bond acceptors (Lipinski definition) is 14. The fraction of sp³-hybridized carbons (Fsp3) is 0.673. The zero-order valence-corrected chi connectivity index (χ0v) is 76.8. The molecule has 5 unspecified atom stereocenters. The maximum absolute atomic E-state index is 13.1. The first-order valence-corrected chi connectivity index (χ1v) is 50.1. The van der Waals surface area contributed by atoms with Gasteiger partial charge in [0.05, 0.1) is 26.4 Å². The van der Waals surface area contributed by atoms with E-state index in [1.165, 1.54) is 141 Å². The first kappa shape index (κ1) is 114. The van der Waals surface area contributed by atoms with Crippen molar-refractivity contribution in [1.29, 1.82) is 0 Å². The Balaban J connectivity index is 4.61. The molecule has 680 valence electrons. The molecule has 0 heterocycles. The lowest BCUT2D eigenvalue weighted by atomic mass is 10.0. The molecule has 4 N–H and O–H groups in total. The lowest BCUT2D eigenvalue weighted by Gasteiger charge is -2.21. The molecule has 0 aromatic rings. The predicted octanol–water partition coefficient (Wildman–Crippen LogP) is 29.2. The van der Waals surface area contributed by atoms with Gasteiger partial charge in [-0.25, -0.2) is 9.13 Å². The zero-order valence-electron chi connectivity index (χ0n) is 75.0. The normalized spacial score (nSPS) is 14.6. The van der Waals surface area contributed by atoms with Crippen molar-refractivity contribution in [3.05, 3.63) is 182 Å². The van der Waals surface area contributed by atoms with E-state index in [1.807, 2.05) is 0 Å². The van der Waals surface area contributed by atoms with Gasteiger partial charge in [0.2, 0.25) is 0 Å². The van der Waals surface area contributed by atoms with E-state index < -0.39 is 91.5 Å². The molecule has 0 aromatic heterocycles. The highest BCUT2D eigenvalue weighted by Crippen LogP contribution is 2.45. The van der Waals surface area contributed by atoms with E-state index in [1.54, 1.807) is 0 Å². The number of ether oxygens (including phenoxy) is 3. The van der Waals surface area contributed by atoms with Crippen molar-refractivity contribution in [2.45, 2.75) is 399 Å². The quantitative estimate of drug-likeness (QED) is 0.0146. The van der Waals surface area contributed by atoms with Crippen LogP contribution in [-0.4, -0.2) is 95.9 Å². The van der Waals surface area contributed by atoms with Crippen molar-refractivity contribution in [2.24, 2.45) is 0 Å². The van der Waals surface area contributed by atoms with Crippen molar-refractivity contribution in [3.8, 4) is 0 Å². The molecule has 119 heavy (non-hydrogen) atoms. The van der Waals surface area contributed by atoms with Crippen LogP contribution >= 0.6 is 15.6 Å². The molecule has 0 aliphatic rings. The second kappa shape index (κ2) is 91.8. The molecule has 0 aliphatic carbocycles. The van der Waals surface area contributed by atoms with Crippen molar-refractivity contribution < 1.29 is 75.8 Å². The molecule has 0 aromatic carbocycles. The zero-order chi connectivity index (χ0) is 86.5. The van der Waals surface area contributed by atoms with Crippen LogP contribution in [0.3, 0.4) is 0 Å². The number of allylic oxidation sites excluding steroid dienone is 30. The van der Waals surface area contributed by atoms with Crippen molar-refractivity contribution in [1.82, 2.24) is 0 Å². The molecule has 16 nitrogen and oxygen atoms in total. The topological polar surface area (TPSA) is 231 Å². The molecule has 0 fully saturated rings. The van der Waals surface area contributed by atoms with Gasteiger partial charge >= 0.3 is 33.6 Å². The summed E-state index contributed by atoms with van der Waals surface area (Å²) in [7, 11) is -9.82. The van der Waals surface area contributed by atoms with Crippen molar-refractivity contribution >= 4 is 33.6 Å². The summed E-state index contributed by atoms with van der Waals surface area (Å²) in [6.45, 7) is 2.44. The Morgan fingerprint density at radius 3 is 0.706 bits per heavy atom. The van der Waals surface area contributed by atoms with Crippen LogP contribution < -0.4 is 0 Å². The molecule has 5 atom stereocenters. The highest BCUT2D eigenvalue weighted by Gasteiger charge is 2.29. The number of carbonyl (C=O) groups is 3. The van der Waals surface area contributed by atoms with E-state index in [0.29, 0.717) is 19.3 Å². The summed E-state index contributed by atoms with van der Waals surface area (Å²) < 4.78 is 61.5. The largest absolute Gasteiger partial charge is 0.472 e. The number of rotatable bonds is 88. The number of aliphatic hydroxyl groups excluding tert-OH is 2. The number of hydrogen-bond donors (Lipinski definition) is 4. The van der Waals surface area contributed by atoms with Crippen molar-refractivity contribution in [3.63, 3.8) is 0 Å². The van der Waals surface area contributed by atoms with Gasteiger partial charge in [0, 0.05) is 19.3 Å². The fourth-order valence-electron chi connectivity index (χ4n) is 12.5. The van der Waals surface area contributed by atoms with Crippen LogP contribution in [0.2, 0.25) is 0 Å². The number of aliphatic hydroxyl groups is 2. The van der Waals surface area contributed by atoms with Gasteiger partial charge in [0.25, 0.3) is 0 Å². The summed E-state index contributed by atoms with van der Waals surface area (Å²) >= 11 is 0. The third kappa shape index (κ3) is 93.2. The maximum atomic E-state index is 13.1. The second-order valence-corrected chi connectivity index (χ2v) is 34.0. The summed E-state index contributed by atoms with van der Waals surface area (Å²) in [5, 5.41) is 20.7. The smallest absolute Gasteiger partial charge is 0.463 e. The monoisotopic (exact) mass is 1700 g/mol. The Morgan fingerprint density at radius 1 is 0.244 bits per heavy atom. The van der Waals surface area contributed by atoms with Gasteiger partial charge < -0.3 is 34.2 Å². The maximum Gasteiger partial charge on any atom is 0.472 e. The summed E-state index contributed by atoms with van der Waals surface area (Å²) in [6, 6.07) is 0. The van der Waals surface area contributed by atoms with Gasteiger partial charge in [0.1, 0.15) is 25.4 Å². The van der Waals surface area contributed by atoms with Gasteiger partial charge in [-0.3, -0.25) is 32.5 Å². The number of phosphoric ester groups is 2. The van der Waals surface area contributed by atoms with E-state index >= 15 is 0 Å². The Hall–Kier alpha value is -5.35. The van der Waals surface area contributed by atoms with Crippen LogP contribution in [0.4, 0.5) is 0 Å². The molecule has 0 saturated carbocycles. The number of phosphoric acid groups is 2. The highest BCUT2D eigenvalue weighted by molar-refractivity contribution is 7.47. The Labute approximate surface area is 725 Å². The average Bonchev–Trinajstić information content (AvgIpc) is 0.905. The minimum absolute atomic E-state index is 0.0798. The highest BCUT2D eigenvalue weighted by atomic mass is 31.2.